The molecule has 7 heteroatoms. The van der Waals surface area contributed by atoms with E-state index in [1.54, 1.807) is 6.20 Å². The van der Waals surface area contributed by atoms with Gasteiger partial charge in [0.2, 0.25) is 11.8 Å². The number of anilines is 2. The fourth-order valence-corrected chi connectivity index (χ4v) is 3.02. The zero-order chi connectivity index (χ0) is 17.8. The Labute approximate surface area is 147 Å². The topological polar surface area (TPSA) is 64.9 Å². The van der Waals surface area contributed by atoms with E-state index >= 15 is 0 Å². The Hall–Kier alpha value is -2.18. The van der Waals surface area contributed by atoms with Gasteiger partial charge in [-0.05, 0) is 38.5 Å². The molecule has 1 saturated carbocycles. The van der Waals surface area contributed by atoms with Gasteiger partial charge in [-0.3, -0.25) is 4.68 Å². The number of halogens is 1. The summed E-state index contributed by atoms with van der Waals surface area (Å²) in [6.45, 7) is 6.87. The zero-order valence-corrected chi connectivity index (χ0v) is 15.1. The van der Waals surface area contributed by atoms with Crippen molar-refractivity contribution in [2.75, 3.05) is 11.9 Å². The average molecular weight is 347 g/mol. The molecule has 0 spiro atoms. The first-order chi connectivity index (χ1) is 12.0. The summed E-state index contributed by atoms with van der Waals surface area (Å²) in [5.74, 6) is 1.04. The Morgan fingerprint density at radius 1 is 1.28 bits per heavy atom. The van der Waals surface area contributed by atoms with Gasteiger partial charge in [0.15, 0.2) is 0 Å². The molecule has 3 rings (SSSR count). The van der Waals surface area contributed by atoms with Crippen LogP contribution < -0.4 is 10.1 Å². The lowest BCUT2D eigenvalue weighted by atomic mass is 9.83. The minimum absolute atomic E-state index is 0.00683. The Morgan fingerprint density at radius 3 is 2.72 bits per heavy atom. The molecule has 0 radical (unpaired) electrons. The molecule has 0 unspecified atom stereocenters. The van der Waals surface area contributed by atoms with Crippen LogP contribution in [0.25, 0.3) is 0 Å². The zero-order valence-electron chi connectivity index (χ0n) is 15.1. The minimum Gasteiger partial charge on any atom is -0.475 e. The lowest BCUT2D eigenvalue weighted by Crippen LogP contribution is -2.19. The molecular weight excluding hydrogens is 321 g/mol. The lowest BCUT2D eigenvalue weighted by molar-refractivity contribution is 0.178. The number of hydrogen-bond donors (Lipinski definition) is 1. The summed E-state index contributed by atoms with van der Waals surface area (Å²) in [7, 11) is 0. The van der Waals surface area contributed by atoms with Crippen LogP contribution in [0.5, 0.6) is 5.88 Å². The van der Waals surface area contributed by atoms with Gasteiger partial charge in [-0.25, -0.2) is 4.98 Å². The van der Waals surface area contributed by atoms with Gasteiger partial charge in [0.25, 0.3) is 5.88 Å². The molecule has 1 aliphatic carbocycles. The van der Waals surface area contributed by atoms with Crippen molar-refractivity contribution in [3.63, 3.8) is 0 Å². The van der Waals surface area contributed by atoms with E-state index < -0.39 is 5.82 Å². The van der Waals surface area contributed by atoms with Crippen molar-refractivity contribution in [1.29, 1.82) is 0 Å². The predicted molar refractivity (Wildman–Crippen MR) is 94.5 cm³/mol. The molecule has 0 saturated heterocycles. The second-order valence-electron chi connectivity index (χ2n) is 7.21. The molecular formula is C18H26FN5O. The molecule has 6 nitrogen and oxygen atoms in total. The average Bonchev–Trinajstić information content (AvgIpc) is 3.05. The van der Waals surface area contributed by atoms with E-state index in [1.807, 2.05) is 24.7 Å². The maximum atomic E-state index is 13.9. The molecule has 0 atom stereocenters. The van der Waals surface area contributed by atoms with Gasteiger partial charge in [0.05, 0.1) is 24.7 Å². The predicted octanol–water partition coefficient (Wildman–Crippen LogP) is 4.34. The van der Waals surface area contributed by atoms with Crippen LogP contribution in [0.3, 0.4) is 0 Å². The van der Waals surface area contributed by atoms with Crippen molar-refractivity contribution >= 4 is 11.6 Å². The third-order valence-corrected chi connectivity index (χ3v) is 4.69. The van der Waals surface area contributed by atoms with Gasteiger partial charge in [-0.15, -0.1) is 0 Å². The second kappa shape index (κ2) is 7.80. The Balaban J connectivity index is 1.61. The third-order valence-electron chi connectivity index (χ3n) is 4.69. The highest BCUT2D eigenvalue weighted by Crippen LogP contribution is 2.29. The monoisotopic (exact) mass is 347 g/mol. The van der Waals surface area contributed by atoms with Gasteiger partial charge >= 0.3 is 0 Å². The molecule has 1 fully saturated rings. The summed E-state index contributed by atoms with van der Waals surface area (Å²) < 4.78 is 21.4. The summed E-state index contributed by atoms with van der Waals surface area (Å²) in [5, 5.41) is 7.29. The van der Waals surface area contributed by atoms with Crippen molar-refractivity contribution in [2.24, 2.45) is 11.8 Å². The number of hydrogen-bond acceptors (Lipinski definition) is 5. The largest absolute Gasteiger partial charge is 0.475 e. The van der Waals surface area contributed by atoms with Crippen molar-refractivity contribution in [2.45, 2.75) is 52.5 Å². The molecule has 0 bridgehead atoms. The first kappa shape index (κ1) is 17.6. The van der Waals surface area contributed by atoms with Crippen LogP contribution in [0.1, 0.15) is 52.5 Å². The van der Waals surface area contributed by atoms with Crippen LogP contribution in [0.4, 0.5) is 16.0 Å². The quantitative estimate of drug-likeness (QED) is 0.842. The fourth-order valence-electron chi connectivity index (χ4n) is 3.02. The van der Waals surface area contributed by atoms with Gasteiger partial charge in [-0.2, -0.15) is 14.5 Å². The van der Waals surface area contributed by atoms with Gasteiger partial charge in [-0.1, -0.05) is 19.8 Å². The normalized spacial score (nSPS) is 20.7. The number of nitrogens with one attached hydrogen (secondary N) is 1. The smallest absolute Gasteiger partial charge is 0.255 e. The summed E-state index contributed by atoms with van der Waals surface area (Å²) in [5.41, 5.74) is 0.757. The second-order valence-corrected chi connectivity index (χ2v) is 7.21. The Kier molecular flexibility index (Phi) is 5.50. The first-order valence-electron chi connectivity index (χ1n) is 8.97. The van der Waals surface area contributed by atoms with Crippen molar-refractivity contribution in [3.05, 3.63) is 24.4 Å². The van der Waals surface area contributed by atoms with Crippen LogP contribution >= 0.6 is 0 Å². The molecule has 1 N–H and O–H groups in total. The summed E-state index contributed by atoms with van der Waals surface area (Å²) >= 11 is 0. The van der Waals surface area contributed by atoms with E-state index in [0.717, 1.165) is 30.6 Å². The van der Waals surface area contributed by atoms with Crippen molar-refractivity contribution in [3.8, 4) is 5.88 Å². The summed E-state index contributed by atoms with van der Waals surface area (Å²) in [6.07, 6.45) is 9.39. The molecule has 0 amide bonds. The van der Waals surface area contributed by atoms with Crippen LogP contribution in [-0.4, -0.2) is 26.4 Å². The van der Waals surface area contributed by atoms with E-state index in [1.165, 1.54) is 12.8 Å². The van der Waals surface area contributed by atoms with Crippen LogP contribution in [0.15, 0.2) is 18.6 Å². The molecule has 25 heavy (non-hydrogen) atoms. The van der Waals surface area contributed by atoms with Crippen LogP contribution in [-0.2, 0) is 0 Å². The standard InChI is InChI=1S/C18H26FN5O/c1-12(2)24-10-15(8-21-24)22-18-20-9-16(19)17(23-18)25-11-14-6-4-13(3)5-7-14/h8-10,12-14H,4-7,11H2,1-3H3,(H,20,22,23)/t13-,14+. The maximum absolute atomic E-state index is 13.9. The van der Waals surface area contributed by atoms with Crippen molar-refractivity contribution in [1.82, 2.24) is 19.7 Å². The number of aromatic nitrogens is 4. The van der Waals surface area contributed by atoms with E-state index in [0.29, 0.717) is 18.5 Å². The number of ether oxygens (including phenoxy) is 1. The fraction of sp³-hybridized carbons (Fsp3) is 0.611. The van der Waals surface area contributed by atoms with E-state index in [9.17, 15) is 4.39 Å². The summed E-state index contributed by atoms with van der Waals surface area (Å²) in [4.78, 5) is 8.14. The van der Waals surface area contributed by atoms with Crippen LogP contribution in [0.2, 0.25) is 0 Å². The third kappa shape index (κ3) is 4.67. The minimum atomic E-state index is -0.535. The highest BCUT2D eigenvalue weighted by atomic mass is 19.1. The maximum Gasteiger partial charge on any atom is 0.255 e. The Bertz CT molecular complexity index is 695. The molecule has 1 aliphatic rings. The molecule has 0 aromatic carbocycles. The lowest BCUT2D eigenvalue weighted by Gasteiger charge is -2.25. The van der Waals surface area contributed by atoms with E-state index in [-0.39, 0.29) is 11.9 Å². The SMILES string of the molecule is CC(C)n1cc(Nc2ncc(F)c(OC[C@H]3CC[C@@H](C)CC3)n2)cn1. The first-order valence-corrected chi connectivity index (χ1v) is 8.97. The Morgan fingerprint density at radius 2 is 2.04 bits per heavy atom. The molecule has 0 aliphatic heterocycles. The highest BCUT2D eigenvalue weighted by molar-refractivity contribution is 5.50. The summed E-state index contributed by atoms with van der Waals surface area (Å²) in [6, 6.07) is 0.266. The molecule has 2 aromatic heterocycles. The van der Waals surface area contributed by atoms with Crippen molar-refractivity contribution < 1.29 is 9.13 Å². The van der Waals surface area contributed by atoms with Gasteiger partial charge in [0, 0.05) is 12.2 Å². The van der Waals surface area contributed by atoms with E-state index in [4.69, 9.17) is 4.74 Å². The number of nitrogens with zero attached hydrogens (tertiary/aromatic N) is 4. The van der Waals surface area contributed by atoms with E-state index in [2.05, 4.69) is 27.3 Å². The van der Waals surface area contributed by atoms with Crippen LogP contribution in [0, 0.1) is 17.7 Å². The number of rotatable bonds is 6. The van der Waals surface area contributed by atoms with Gasteiger partial charge in [0.1, 0.15) is 0 Å². The van der Waals surface area contributed by atoms with Gasteiger partial charge < -0.3 is 10.1 Å². The molecule has 2 heterocycles. The molecule has 2 aromatic rings. The highest BCUT2D eigenvalue weighted by Gasteiger charge is 2.20. The molecule has 136 valence electrons.